The fourth-order valence-corrected chi connectivity index (χ4v) is 2.52. The number of benzene rings is 2. The third-order valence-electron chi connectivity index (χ3n) is 3.48. The molecule has 2 aromatic rings. The van der Waals surface area contributed by atoms with Crippen molar-refractivity contribution in [3.05, 3.63) is 58.1 Å². The smallest absolute Gasteiger partial charge is 0.258 e. The first-order valence-electron chi connectivity index (χ1n) is 6.83. The number of hydrogen-bond acceptors (Lipinski definition) is 2. The Balaban J connectivity index is 2.26. The highest BCUT2D eigenvalue weighted by Crippen LogP contribution is 2.27. The lowest BCUT2D eigenvalue weighted by Gasteiger charge is -2.19. The van der Waals surface area contributed by atoms with E-state index in [1.807, 2.05) is 36.4 Å². The van der Waals surface area contributed by atoms with Crippen LogP contribution in [-0.2, 0) is 0 Å². The van der Waals surface area contributed by atoms with Crippen molar-refractivity contribution in [3.63, 3.8) is 0 Å². The van der Waals surface area contributed by atoms with Gasteiger partial charge in [-0.25, -0.2) is 0 Å². The number of halogens is 1. The molecule has 2 N–H and O–H groups in total. The second kappa shape index (κ2) is 6.31. The van der Waals surface area contributed by atoms with Gasteiger partial charge in [-0.2, -0.15) is 0 Å². The van der Waals surface area contributed by atoms with Crippen molar-refractivity contribution >= 4 is 33.2 Å². The van der Waals surface area contributed by atoms with Crippen LogP contribution in [0.5, 0.6) is 0 Å². The van der Waals surface area contributed by atoms with Crippen LogP contribution in [0.15, 0.2) is 46.9 Å². The molecule has 4 heteroatoms. The molecule has 2 rings (SSSR count). The van der Waals surface area contributed by atoms with E-state index in [1.54, 1.807) is 18.0 Å². The monoisotopic (exact) mass is 346 g/mol. The number of amides is 1. The first-order chi connectivity index (χ1) is 9.90. The SMILES string of the molecule is CC(C)c1ccc(C(=O)N(C)c2ccc(Br)cc2N)cc1. The van der Waals surface area contributed by atoms with Crippen molar-refractivity contribution in [2.45, 2.75) is 19.8 Å². The van der Waals surface area contributed by atoms with Gasteiger partial charge in [-0.3, -0.25) is 4.79 Å². The summed E-state index contributed by atoms with van der Waals surface area (Å²) >= 11 is 3.37. The Morgan fingerprint density at radius 2 is 1.76 bits per heavy atom. The second-order valence-corrected chi connectivity index (χ2v) is 6.26. The molecular weight excluding hydrogens is 328 g/mol. The molecule has 110 valence electrons. The molecule has 3 nitrogen and oxygen atoms in total. The molecule has 0 fully saturated rings. The van der Waals surface area contributed by atoms with E-state index in [4.69, 9.17) is 5.73 Å². The minimum absolute atomic E-state index is 0.0701. The fourth-order valence-electron chi connectivity index (χ4n) is 2.14. The topological polar surface area (TPSA) is 46.3 Å². The highest BCUT2D eigenvalue weighted by atomic mass is 79.9. The lowest BCUT2D eigenvalue weighted by Crippen LogP contribution is -2.27. The lowest BCUT2D eigenvalue weighted by atomic mass is 10.0. The van der Waals surface area contributed by atoms with Gasteiger partial charge in [-0.1, -0.05) is 41.9 Å². The van der Waals surface area contributed by atoms with Gasteiger partial charge in [0.05, 0.1) is 11.4 Å². The number of nitrogen functional groups attached to an aromatic ring is 1. The summed E-state index contributed by atoms with van der Waals surface area (Å²) in [5, 5.41) is 0. The highest BCUT2D eigenvalue weighted by Gasteiger charge is 2.15. The van der Waals surface area contributed by atoms with E-state index >= 15 is 0 Å². The number of nitrogens with two attached hydrogens (primary N) is 1. The Labute approximate surface area is 133 Å². The van der Waals surface area contributed by atoms with E-state index in [-0.39, 0.29) is 5.91 Å². The van der Waals surface area contributed by atoms with Crippen molar-refractivity contribution < 1.29 is 4.79 Å². The zero-order valence-corrected chi connectivity index (χ0v) is 14.0. The number of nitrogens with zero attached hydrogens (tertiary/aromatic N) is 1. The molecule has 0 atom stereocenters. The Bertz CT molecular complexity index is 650. The van der Waals surface area contributed by atoms with E-state index in [9.17, 15) is 4.79 Å². The molecule has 1 amide bonds. The summed E-state index contributed by atoms with van der Waals surface area (Å²) in [5.41, 5.74) is 9.13. The second-order valence-electron chi connectivity index (χ2n) is 5.34. The first kappa shape index (κ1) is 15.6. The van der Waals surface area contributed by atoms with Gasteiger partial charge < -0.3 is 10.6 Å². The molecular formula is C17H19BrN2O. The van der Waals surface area contributed by atoms with Crippen LogP contribution in [0.3, 0.4) is 0 Å². The van der Waals surface area contributed by atoms with Gasteiger partial charge in [-0.05, 0) is 41.8 Å². The lowest BCUT2D eigenvalue weighted by molar-refractivity contribution is 0.0993. The summed E-state index contributed by atoms with van der Waals surface area (Å²) in [6, 6.07) is 13.2. The van der Waals surface area contributed by atoms with Crippen LogP contribution < -0.4 is 10.6 Å². The summed E-state index contributed by atoms with van der Waals surface area (Å²) in [5.74, 6) is 0.383. The summed E-state index contributed by atoms with van der Waals surface area (Å²) in [4.78, 5) is 14.1. The molecule has 0 aliphatic carbocycles. The number of carbonyl (C=O) groups excluding carboxylic acids is 1. The van der Waals surface area contributed by atoms with Crippen molar-refractivity contribution in [2.75, 3.05) is 17.7 Å². The average Bonchev–Trinajstić information content (AvgIpc) is 2.46. The summed E-state index contributed by atoms with van der Waals surface area (Å²) in [6.07, 6.45) is 0. The van der Waals surface area contributed by atoms with Gasteiger partial charge in [-0.15, -0.1) is 0 Å². The molecule has 0 unspecified atom stereocenters. The van der Waals surface area contributed by atoms with Gasteiger partial charge in [0.15, 0.2) is 0 Å². The minimum Gasteiger partial charge on any atom is -0.397 e. The van der Waals surface area contributed by atoms with Crippen LogP contribution in [0, 0.1) is 0 Å². The molecule has 0 aliphatic heterocycles. The van der Waals surface area contributed by atoms with E-state index in [0.29, 0.717) is 22.9 Å². The average molecular weight is 347 g/mol. The third-order valence-corrected chi connectivity index (χ3v) is 3.97. The summed E-state index contributed by atoms with van der Waals surface area (Å²) in [6.45, 7) is 4.26. The van der Waals surface area contributed by atoms with E-state index in [2.05, 4.69) is 29.8 Å². The Morgan fingerprint density at radius 1 is 1.14 bits per heavy atom. The van der Waals surface area contributed by atoms with Gasteiger partial charge in [0.25, 0.3) is 5.91 Å². The first-order valence-corrected chi connectivity index (χ1v) is 7.62. The Hall–Kier alpha value is -1.81. The summed E-state index contributed by atoms with van der Waals surface area (Å²) < 4.78 is 0.894. The number of hydrogen-bond donors (Lipinski definition) is 1. The van der Waals surface area contributed by atoms with Crippen LogP contribution >= 0.6 is 15.9 Å². The number of anilines is 2. The molecule has 0 saturated carbocycles. The van der Waals surface area contributed by atoms with E-state index in [1.165, 1.54) is 5.56 Å². The Morgan fingerprint density at radius 3 is 2.29 bits per heavy atom. The molecule has 0 radical (unpaired) electrons. The van der Waals surface area contributed by atoms with Gasteiger partial charge in [0.1, 0.15) is 0 Å². The molecule has 21 heavy (non-hydrogen) atoms. The van der Waals surface area contributed by atoms with Crippen molar-refractivity contribution in [2.24, 2.45) is 0 Å². The number of rotatable bonds is 3. The van der Waals surface area contributed by atoms with Crippen LogP contribution in [0.1, 0.15) is 35.7 Å². The molecule has 0 spiro atoms. The zero-order chi connectivity index (χ0) is 15.6. The molecule has 0 bridgehead atoms. The molecule has 0 aromatic heterocycles. The van der Waals surface area contributed by atoms with Crippen molar-refractivity contribution in [3.8, 4) is 0 Å². The minimum atomic E-state index is -0.0701. The molecule has 0 heterocycles. The maximum absolute atomic E-state index is 12.5. The van der Waals surface area contributed by atoms with E-state index < -0.39 is 0 Å². The quantitative estimate of drug-likeness (QED) is 0.835. The Kier molecular flexibility index (Phi) is 4.68. The fraction of sp³-hybridized carbons (Fsp3) is 0.235. The van der Waals surface area contributed by atoms with Gasteiger partial charge in [0.2, 0.25) is 0 Å². The van der Waals surface area contributed by atoms with Crippen LogP contribution in [-0.4, -0.2) is 13.0 Å². The molecule has 2 aromatic carbocycles. The van der Waals surface area contributed by atoms with Crippen LogP contribution in [0.4, 0.5) is 11.4 Å². The van der Waals surface area contributed by atoms with Crippen LogP contribution in [0.2, 0.25) is 0 Å². The highest BCUT2D eigenvalue weighted by molar-refractivity contribution is 9.10. The number of carbonyl (C=O) groups is 1. The van der Waals surface area contributed by atoms with Gasteiger partial charge >= 0.3 is 0 Å². The summed E-state index contributed by atoms with van der Waals surface area (Å²) in [7, 11) is 1.73. The van der Waals surface area contributed by atoms with E-state index in [0.717, 1.165) is 4.47 Å². The third kappa shape index (κ3) is 3.45. The standard InChI is InChI=1S/C17H19BrN2O/c1-11(2)12-4-6-13(7-5-12)17(21)20(3)16-9-8-14(18)10-15(16)19/h4-11H,19H2,1-3H3. The maximum Gasteiger partial charge on any atom is 0.258 e. The van der Waals surface area contributed by atoms with Crippen molar-refractivity contribution in [1.29, 1.82) is 0 Å². The largest absolute Gasteiger partial charge is 0.397 e. The maximum atomic E-state index is 12.5. The zero-order valence-electron chi connectivity index (χ0n) is 12.4. The molecule has 0 aliphatic rings. The van der Waals surface area contributed by atoms with Crippen molar-refractivity contribution in [1.82, 2.24) is 0 Å². The normalized spacial score (nSPS) is 10.7. The van der Waals surface area contributed by atoms with Gasteiger partial charge in [0, 0.05) is 17.1 Å². The molecule has 0 saturated heterocycles. The van der Waals surface area contributed by atoms with Crippen LogP contribution in [0.25, 0.3) is 0 Å². The predicted molar refractivity (Wildman–Crippen MR) is 91.8 cm³/mol. The predicted octanol–water partition coefficient (Wildman–Crippen LogP) is 4.43.